The van der Waals surface area contributed by atoms with Crippen LogP contribution in [-0.2, 0) is 11.2 Å². The largest absolute Gasteiger partial charge is 0.385 e. The Morgan fingerprint density at radius 1 is 1.22 bits per heavy atom. The van der Waals surface area contributed by atoms with Gasteiger partial charge < -0.3 is 15.0 Å². The van der Waals surface area contributed by atoms with Gasteiger partial charge in [0.1, 0.15) is 6.79 Å². The second-order valence-corrected chi connectivity index (χ2v) is 9.80. The lowest BCUT2D eigenvalue weighted by Gasteiger charge is -2.41. The number of allylic oxidation sites excluding steroid dienone is 3. The molecule has 0 radical (unpaired) electrons. The van der Waals surface area contributed by atoms with Gasteiger partial charge in [0.15, 0.2) is 11.6 Å². The summed E-state index contributed by atoms with van der Waals surface area (Å²) >= 11 is 0. The fraction of sp³-hybridized carbons (Fsp3) is 0.500. The third-order valence-corrected chi connectivity index (χ3v) is 6.60. The third kappa shape index (κ3) is 9.73. The standard InChI is InChI=1S/C21H35N3.C8H8F2.CH2O/c1-7-8-21(22-13-20-10-9-16(2)11-20)12-17(3)24-18(4)14-23(6)15-19(24)5;1-2-6-4-3-5-7(9)8(6)10;1-2/h7-8,12,16,19-20,22H,3-4,9-11,13-15H2,1-2,5-6H3;3-5H,2H2,1H3;1H2/b8-7-,21-12+;;. The zero-order chi connectivity index (χ0) is 27.3. The van der Waals surface area contributed by atoms with Crippen molar-refractivity contribution in [2.75, 3.05) is 26.7 Å². The number of hydrogen-bond acceptors (Lipinski definition) is 4. The average molecular weight is 502 g/mol. The van der Waals surface area contributed by atoms with Crippen LogP contribution < -0.4 is 5.32 Å². The molecule has 1 aliphatic heterocycles. The predicted octanol–water partition coefficient (Wildman–Crippen LogP) is 6.48. The summed E-state index contributed by atoms with van der Waals surface area (Å²) in [6.07, 6.45) is 11.0. The first-order chi connectivity index (χ1) is 17.2. The number of benzene rings is 1. The van der Waals surface area contributed by atoms with Gasteiger partial charge in [-0.05, 0) is 75.8 Å². The molecule has 0 aromatic heterocycles. The van der Waals surface area contributed by atoms with Crippen LogP contribution in [-0.4, -0.2) is 49.3 Å². The van der Waals surface area contributed by atoms with Gasteiger partial charge in [0.2, 0.25) is 0 Å². The van der Waals surface area contributed by atoms with E-state index in [1.807, 2.05) is 6.79 Å². The molecule has 0 amide bonds. The summed E-state index contributed by atoms with van der Waals surface area (Å²) in [5.41, 5.74) is 3.74. The molecule has 1 aliphatic carbocycles. The van der Waals surface area contributed by atoms with E-state index in [9.17, 15) is 8.78 Å². The highest BCUT2D eigenvalue weighted by Gasteiger charge is 2.25. The molecule has 0 bridgehead atoms. The molecule has 1 aromatic rings. The van der Waals surface area contributed by atoms with Crippen LogP contribution in [0.3, 0.4) is 0 Å². The molecule has 36 heavy (non-hydrogen) atoms. The number of aryl methyl sites for hydroxylation is 1. The molecule has 1 saturated heterocycles. The number of hydrogen-bond donors (Lipinski definition) is 1. The lowest BCUT2D eigenvalue weighted by Crippen LogP contribution is -2.47. The second-order valence-electron chi connectivity index (χ2n) is 9.80. The quantitative estimate of drug-likeness (QED) is 0.434. The highest BCUT2D eigenvalue weighted by molar-refractivity contribution is 5.30. The zero-order valence-corrected chi connectivity index (χ0v) is 22.8. The van der Waals surface area contributed by atoms with E-state index in [2.05, 4.69) is 74.3 Å². The molecule has 3 atom stereocenters. The van der Waals surface area contributed by atoms with Gasteiger partial charge in [-0.1, -0.05) is 51.6 Å². The molecule has 2 aliphatic rings. The van der Waals surface area contributed by atoms with Crippen LogP contribution in [0.15, 0.2) is 66.7 Å². The summed E-state index contributed by atoms with van der Waals surface area (Å²) in [5, 5.41) is 3.64. The summed E-state index contributed by atoms with van der Waals surface area (Å²) in [6, 6.07) is 4.62. The van der Waals surface area contributed by atoms with Crippen LogP contribution >= 0.6 is 0 Å². The lowest BCUT2D eigenvalue weighted by atomic mass is 10.1. The Kier molecular flexibility index (Phi) is 14.0. The van der Waals surface area contributed by atoms with E-state index in [0.717, 1.165) is 54.6 Å². The Morgan fingerprint density at radius 3 is 2.44 bits per heavy atom. The van der Waals surface area contributed by atoms with Gasteiger partial charge in [-0.2, -0.15) is 0 Å². The van der Waals surface area contributed by atoms with Crippen molar-refractivity contribution in [3.05, 3.63) is 83.9 Å². The van der Waals surface area contributed by atoms with Crippen LogP contribution in [0.25, 0.3) is 0 Å². The van der Waals surface area contributed by atoms with Crippen LogP contribution in [0.1, 0.15) is 52.5 Å². The number of likely N-dealkylation sites (N-methyl/N-ethyl adjacent to an activating group) is 1. The highest BCUT2D eigenvalue weighted by Crippen LogP contribution is 2.30. The summed E-state index contributed by atoms with van der Waals surface area (Å²) in [7, 11) is 2.15. The van der Waals surface area contributed by atoms with E-state index >= 15 is 0 Å². The summed E-state index contributed by atoms with van der Waals surface area (Å²) in [4.78, 5) is 12.6. The second kappa shape index (κ2) is 16.1. The van der Waals surface area contributed by atoms with Crippen LogP contribution in [0.2, 0.25) is 0 Å². The number of rotatable bonds is 7. The lowest BCUT2D eigenvalue weighted by molar-refractivity contribution is -0.0980. The van der Waals surface area contributed by atoms with Gasteiger partial charge in [-0.25, -0.2) is 8.78 Å². The van der Waals surface area contributed by atoms with Crippen molar-refractivity contribution in [1.29, 1.82) is 0 Å². The van der Waals surface area contributed by atoms with Gasteiger partial charge in [-0.3, -0.25) is 4.90 Å². The first-order valence-electron chi connectivity index (χ1n) is 12.8. The van der Waals surface area contributed by atoms with Gasteiger partial charge in [0.05, 0.1) is 0 Å². The van der Waals surface area contributed by atoms with Crippen molar-refractivity contribution in [3.8, 4) is 0 Å². The monoisotopic (exact) mass is 501 g/mol. The molecule has 0 spiro atoms. The Morgan fingerprint density at radius 2 is 1.92 bits per heavy atom. The summed E-state index contributed by atoms with van der Waals surface area (Å²) in [6.45, 7) is 22.0. The zero-order valence-electron chi connectivity index (χ0n) is 22.8. The first-order valence-corrected chi connectivity index (χ1v) is 12.8. The molecular weight excluding hydrogens is 456 g/mol. The first kappa shape index (κ1) is 31.3. The normalized spacial score (nSPS) is 22.5. The van der Waals surface area contributed by atoms with Gasteiger partial charge in [0, 0.05) is 42.8 Å². The number of halogens is 2. The van der Waals surface area contributed by atoms with E-state index in [0.29, 0.717) is 18.0 Å². The molecule has 1 saturated carbocycles. The van der Waals surface area contributed by atoms with Crippen molar-refractivity contribution in [3.63, 3.8) is 0 Å². The SMILES string of the molecule is C=C(/C=C(\C=C/C)NCC1CCC(C)C1)N1C(=C)CN(C)CC1C.C=O.CCc1cccc(F)c1F. The molecule has 200 valence electrons. The van der Waals surface area contributed by atoms with E-state index in [1.54, 1.807) is 13.0 Å². The molecule has 6 heteroatoms. The fourth-order valence-corrected chi connectivity index (χ4v) is 4.96. The molecule has 1 N–H and O–H groups in total. The molecule has 3 rings (SSSR count). The smallest absolute Gasteiger partial charge is 0.161 e. The molecule has 1 aromatic carbocycles. The minimum Gasteiger partial charge on any atom is -0.385 e. The van der Waals surface area contributed by atoms with E-state index in [4.69, 9.17) is 4.79 Å². The predicted molar refractivity (Wildman–Crippen MR) is 147 cm³/mol. The maximum absolute atomic E-state index is 12.6. The van der Waals surface area contributed by atoms with Gasteiger partial charge >= 0.3 is 0 Å². The van der Waals surface area contributed by atoms with Crippen LogP contribution in [0.5, 0.6) is 0 Å². The molecular formula is C30H45F2N3O. The number of carbonyl (C=O) groups excluding carboxylic acids is 1. The van der Waals surface area contributed by atoms with E-state index in [-0.39, 0.29) is 0 Å². The Bertz CT molecular complexity index is 911. The Labute approximate surface area is 217 Å². The Balaban J connectivity index is 0.000000450. The number of nitrogens with zero attached hydrogens (tertiary/aromatic N) is 2. The van der Waals surface area contributed by atoms with Gasteiger partial charge in [0.25, 0.3) is 0 Å². The average Bonchev–Trinajstić information content (AvgIpc) is 3.25. The van der Waals surface area contributed by atoms with Crippen molar-refractivity contribution in [2.24, 2.45) is 11.8 Å². The van der Waals surface area contributed by atoms with Crippen molar-refractivity contribution in [2.45, 2.75) is 59.4 Å². The van der Waals surface area contributed by atoms with Crippen molar-refractivity contribution >= 4 is 6.79 Å². The summed E-state index contributed by atoms with van der Waals surface area (Å²) < 4.78 is 25.0. The molecule has 1 heterocycles. The van der Waals surface area contributed by atoms with Crippen LogP contribution in [0.4, 0.5) is 8.78 Å². The number of carbonyl (C=O) groups is 1. The molecule has 4 nitrogen and oxygen atoms in total. The maximum Gasteiger partial charge on any atom is 0.161 e. The Hall–Kier alpha value is -2.73. The highest BCUT2D eigenvalue weighted by atomic mass is 19.2. The third-order valence-electron chi connectivity index (χ3n) is 6.60. The van der Waals surface area contributed by atoms with E-state index < -0.39 is 11.6 Å². The number of nitrogens with one attached hydrogen (secondary N) is 1. The van der Waals surface area contributed by atoms with Crippen molar-refractivity contribution in [1.82, 2.24) is 15.1 Å². The van der Waals surface area contributed by atoms with Crippen molar-refractivity contribution < 1.29 is 13.6 Å². The van der Waals surface area contributed by atoms with Gasteiger partial charge in [-0.15, -0.1) is 0 Å². The summed E-state index contributed by atoms with van der Waals surface area (Å²) in [5.74, 6) is 0.208. The number of piperazine rings is 1. The van der Waals surface area contributed by atoms with Crippen LogP contribution in [0, 0.1) is 23.5 Å². The topological polar surface area (TPSA) is 35.6 Å². The molecule has 2 fully saturated rings. The van der Waals surface area contributed by atoms with E-state index in [1.165, 1.54) is 25.3 Å². The fourth-order valence-electron chi connectivity index (χ4n) is 4.96. The maximum atomic E-state index is 12.6. The minimum absolute atomic E-state index is 0.405. The minimum atomic E-state index is -0.764. The molecule has 3 unspecified atom stereocenters.